The molecule has 0 bridgehead atoms. The largest absolute Gasteiger partial charge is 0.352 e. The predicted molar refractivity (Wildman–Crippen MR) is 325 cm³/mol. The van der Waals surface area contributed by atoms with Crippen LogP contribution in [0.5, 0.6) is 0 Å². The minimum Gasteiger partial charge on any atom is -0.352 e. The van der Waals surface area contributed by atoms with Gasteiger partial charge in [-0.1, -0.05) is 41.5 Å². The number of hydrogen-bond donors (Lipinski definition) is 11. The number of amides is 5. The highest BCUT2D eigenvalue weighted by Gasteiger charge is 2.36. The van der Waals surface area contributed by atoms with E-state index in [9.17, 15) is 33.6 Å². The molecule has 5 amide bonds. The van der Waals surface area contributed by atoms with E-state index in [0.717, 1.165) is 6.42 Å². The quantitative estimate of drug-likeness (QED) is 0.0362. The third-order valence-corrected chi connectivity index (χ3v) is 12.1. The Kier molecular flexibility index (Phi) is 29.3. The summed E-state index contributed by atoms with van der Waals surface area (Å²) < 4.78 is 0. The van der Waals surface area contributed by atoms with Crippen LogP contribution in [0.3, 0.4) is 0 Å². The predicted octanol–water partition coefficient (Wildman–Crippen LogP) is 6.63. The Bertz CT molecular complexity index is 1940. The number of Topliss-reactive ketones (excluding diaryl/α,β-unsaturated/α-hetero) is 2. The minimum absolute atomic E-state index is 0.00448. The first kappa shape index (κ1) is 75.5. The molecule has 11 N–H and O–H groups in total. The molecule has 0 aliphatic rings. The Hall–Kier alpha value is -3.55. The van der Waals surface area contributed by atoms with Crippen LogP contribution < -0.4 is 58.5 Å². The lowest BCUT2D eigenvalue weighted by molar-refractivity contribution is -0.134. The highest BCUT2D eigenvalue weighted by molar-refractivity contribution is 5.95. The number of carbonyl (C=O) groups is 7. The summed E-state index contributed by atoms with van der Waals surface area (Å²) in [5.74, 6) is -3.12. The van der Waals surface area contributed by atoms with Gasteiger partial charge in [0.2, 0.25) is 29.5 Å². The molecule has 18 nitrogen and oxygen atoms in total. The smallest absolute Gasteiger partial charge is 0.245 e. The second-order valence-corrected chi connectivity index (χ2v) is 31.9. The summed E-state index contributed by atoms with van der Waals surface area (Å²) in [6, 6.07) is -6.47. The van der Waals surface area contributed by atoms with Gasteiger partial charge in [-0.25, -0.2) is 0 Å². The van der Waals surface area contributed by atoms with Crippen molar-refractivity contribution in [2.24, 2.45) is 10.8 Å². The van der Waals surface area contributed by atoms with Crippen LogP contribution in [0, 0.1) is 10.8 Å². The standard InChI is InChI=1S/C61H121N11O7/c1-53(2,3)34-32-40(68-57(13,14)15)47(74)30-28-39(65-51(78)45(71-60(22,23)24)38-64-56(10,11)12)46(73)31-29-41(52(79)72-61(25,26)27)66-50(77)43(67-49(76)42(69-58(16,17)18)33-35-54(4,5)6)36-62-48(75)44(70-59(19,20)21)37-63-55(7,8)9/h39-45,63-64,68-71H,28-38H2,1-27H3,(H,62,75)(H,65,78)(H,66,77)(H,67,76)(H,72,79). The van der Waals surface area contributed by atoms with Gasteiger partial charge < -0.3 is 58.5 Å². The van der Waals surface area contributed by atoms with E-state index in [2.05, 4.69) is 100 Å². The third-order valence-electron chi connectivity index (χ3n) is 12.1. The van der Waals surface area contributed by atoms with Gasteiger partial charge in [-0.2, -0.15) is 0 Å². The maximum Gasteiger partial charge on any atom is 0.245 e. The Morgan fingerprint density at radius 1 is 0.291 bits per heavy atom. The number of ketones is 2. The molecule has 462 valence electrons. The first-order chi connectivity index (χ1) is 35.1. The van der Waals surface area contributed by atoms with Crippen molar-refractivity contribution < 1.29 is 33.6 Å². The molecule has 79 heavy (non-hydrogen) atoms. The monoisotopic (exact) mass is 1120 g/mol. The molecule has 0 spiro atoms. The molecule has 7 unspecified atom stereocenters. The van der Waals surface area contributed by atoms with E-state index in [0.29, 0.717) is 19.3 Å². The lowest BCUT2D eigenvalue weighted by Crippen LogP contribution is -2.62. The van der Waals surface area contributed by atoms with Crippen molar-refractivity contribution in [3.63, 3.8) is 0 Å². The normalized spacial score (nSPS) is 16.1. The molecule has 0 saturated heterocycles. The van der Waals surface area contributed by atoms with Crippen molar-refractivity contribution in [1.82, 2.24) is 58.5 Å². The molecule has 0 rings (SSSR count). The first-order valence-corrected chi connectivity index (χ1v) is 29.3. The van der Waals surface area contributed by atoms with Gasteiger partial charge >= 0.3 is 0 Å². The molecule has 0 aromatic heterocycles. The Balaban J connectivity index is 7.54. The maximum atomic E-state index is 14.8. The van der Waals surface area contributed by atoms with E-state index in [1.165, 1.54) is 0 Å². The lowest BCUT2D eigenvalue weighted by atomic mass is 9.86. The van der Waals surface area contributed by atoms with Crippen LogP contribution in [0.1, 0.15) is 238 Å². The average Bonchev–Trinajstić information content (AvgIpc) is 3.21. The summed E-state index contributed by atoms with van der Waals surface area (Å²) in [7, 11) is 0. The zero-order valence-corrected chi connectivity index (χ0v) is 55.2. The number of nitrogens with one attached hydrogen (secondary N) is 11. The molecule has 0 aromatic carbocycles. The molecule has 0 fully saturated rings. The van der Waals surface area contributed by atoms with Crippen molar-refractivity contribution in [2.75, 3.05) is 19.6 Å². The van der Waals surface area contributed by atoms with Crippen molar-refractivity contribution in [3.8, 4) is 0 Å². The van der Waals surface area contributed by atoms with Crippen LogP contribution in [0.2, 0.25) is 0 Å². The fourth-order valence-corrected chi connectivity index (χ4v) is 8.38. The second kappa shape index (κ2) is 30.7. The van der Waals surface area contributed by atoms with Crippen molar-refractivity contribution in [1.29, 1.82) is 0 Å². The summed E-state index contributed by atoms with van der Waals surface area (Å²) in [6.45, 7) is 53.8. The molecule has 0 aromatic rings. The Morgan fingerprint density at radius 3 is 1.00 bits per heavy atom. The SMILES string of the molecule is CC(C)(C)CCC(NC(C)(C)C)C(=O)CCC(NC(=O)C(CNC(C)(C)C)NC(C)(C)C)C(=O)CCC(NC(=O)C(CNC(=O)C(CNC(C)(C)C)NC(C)(C)C)NC(=O)C(CCC(C)(C)C)NC(C)(C)C)C(=O)NC(C)(C)C. The molecule has 7 atom stereocenters. The Labute approximate surface area is 481 Å². The zero-order chi connectivity index (χ0) is 62.1. The molecule has 18 heteroatoms. The van der Waals surface area contributed by atoms with Crippen molar-refractivity contribution >= 4 is 41.1 Å². The van der Waals surface area contributed by atoms with Gasteiger partial charge in [-0.15, -0.1) is 0 Å². The molecular weight excluding hydrogens is 999 g/mol. The van der Waals surface area contributed by atoms with Crippen LogP contribution >= 0.6 is 0 Å². The van der Waals surface area contributed by atoms with E-state index in [1.54, 1.807) is 20.8 Å². The first-order valence-electron chi connectivity index (χ1n) is 29.3. The van der Waals surface area contributed by atoms with Crippen LogP contribution in [0.25, 0.3) is 0 Å². The summed E-state index contributed by atoms with van der Waals surface area (Å²) in [5, 5.41) is 35.1. The second-order valence-electron chi connectivity index (χ2n) is 31.9. The topological polar surface area (TPSA) is 252 Å². The molecule has 0 aliphatic carbocycles. The average molecular weight is 1120 g/mol. The van der Waals surface area contributed by atoms with Gasteiger partial charge in [0, 0.05) is 71.2 Å². The lowest BCUT2D eigenvalue weighted by Gasteiger charge is -2.33. The van der Waals surface area contributed by atoms with E-state index >= 15 is 0 Å². The Morgan fingerprint density at radius 2 is 0.608 bits per heavy atom. The fourth-order valence-electron chi connectivity index (χ4n) is 8.38. The van der Waals surface area contributed by atoms with Crippen LogP contribution in [0.15, 0.2) is 0 Å². The van der Waals surface area contributed by atoms with E-state index < -0.39 is 99.8 Å². The van der Waals surface area contributed by atoms with Gasteiger partial charge in [0.25, 0.3) is 0 Å². The summed E-state index contributed by atoms with van der Waals surface area (Å²) in [5.41, 5.74) is -3.30. The van der Waals surface area contributed by atoms with Gasteiger partial charge in [0.05, 0.1) is 30.2 Å². The molecule has 0 heterocycles. The third kappa shape index (κ3) is 38.7. The molecule has 0 radical (unpaired) electrons. The summed E-state index contributed by atoms with van der Waals surface area (Å²) in [6.07, 6.45) is 2.04. The summed E-state index contributed by atoms with van der Waals surface area (Å²) >= 11 is 0. The fraction of sp³-hybridized carbons (Fsp3) is 0.885. The number of carbonyl (C=O) groups excluding carboxylic acids is 7. The molecule has 0 aliphatic heterocycles. The van der Waals surface area contributed by atoms with E-state index in [1.807, 2.05) is 125 Å². The van der Waals surface area contributed by atoms with Crippen LogP contribution in [0.4, 0.5) is 0 Å². The van der Waals surface area contributed by atoms with Gasteiger partial charge in [0.15, 0.2) is 5.78 Å². The highest BCUT2D eigenvalue weighted by atomic mass is 16.2. The van der Waals surface area contributed by atoms with Crippen LogP contribution in [-0.2, 0) is 33.6 Å². The molecule has 0 saturated carbocycles. The van der Waals surface area contributed by atoms with E-state index in [4.69, 9.17) is 0 Å². The van der Waals surface area contributed by atoms with Crippen molar-refractivity contribution in [3.05, 3.63) is 0 Å². The van der Waals surface area contributed by atoms with E-state index in [-0.39, 0.29) is 78.5 Å². The summed E-state index contributed by atoms with van der Waals surface area (Å²) in [4.78, 5) is 101. The van der Waals surface area contributed by atoms with Gasteiger partial charge in [-0.05, 0) is 195 Å². The zero-order valence-electron chi connectivity index (χ0n) is 55.2. The molecular formula is C61H121N11O7. The van der Waals surface area contributed by atoms with Crippen LogP contribution in [-0.4, -0.2) is 142 Å². The maximum absolute atomic E-state index is 14.8. The number of rotatable bonds is 30. The minimum atomic E-state index is -1.36. The van der Waals surface area contributed by atoms with Gasteiger partial charge in [0.1, 0.15) is 17.9 Å². The van der Waals surface area contributed by atoms with Crippen molar-refractivity contribution in [2.45, 2.75) is 319 Å². The number of hydrogen-bond acceptors (Lipinski definition) is 13. The van der Waals surface area contributed by atoms with Gasteiger partial charge in [-0.3, -0.25) is 33.6 Å². The highest BCUT2D eigenvalue weighted by Crippen LogP contribution is 2.25.